The van der Waals surface area contributed by atoms with Crippen molar-refractivity contribution >= 4 is 16.8 Å². The van der Waals surface area contributed by atoms with E-state index < -0.39 is 0 Å². The van der Waals surface area contributed by atoms with Gasteiger partial charge in [-0.2, -0.15) is 5.10 Å². The second-order valence-electron chi connectivity index (χ2n) is 1.72. The summed E-state index contributed by atoms with van der Waals surface area (Å²) in [7, 11) is 0. The summed E-state index contributed by atoms with van der Waals surface area (Å²) in [6, 6.07) is 0.437. The molecule has 0 fully saturated rings. The standard InChI is InChI=1S/C4H7ClN2/c1-3-2-4(5)7-6-3/h3,6H,2H2,1H3. The van der Waals surface area contributed by atoms with Gasteiger partial charge in [0, 0.05) is 12.5 Å². The van der Waals surface area contributed by atoms with Crippen LogP contribution in [0.4, 0.5) is 0 Å². The highest BCUT2D eigenvalue weighted by Gasteiger charge is 2.09. The highest BCUT2D eigenvalue weighted by Crippen LogP contribution is 2.03. The third-order valence-electron chi connectivity index (χ3n) is 0.881. The lowest BCUT2D eigenvalue weighted by Gasteiger charge is -1.94. The molecule has 0 spiro atoms. The van der Waals surface area contributed by atoms with Crippen LogP contribution in [0.25, 0.3) is 0 Å². The molecule has 0 aromatic heterocycles. The third kappa shape index (κ3) is 1.06. The maximum absolute atomic E-state index is 5.49. The van der Waals surface area contributed by atoms with Crippen LogP contribution in [0.1, 0.15) is 13.3 Å². The predicted octanol–water partition coefficient (Wildman–Crippen LogP) is 0.921. The van der Waals surface area contributed by atoms with E-state index in [2.05, 4.69) is 10.5 Å². The van der Waals surface area contributed by atoms with E-state index >= 15 is 0 Å². The highest BCUT2D eigenvalue weighted by molar-refractivity contribution is 6.65. The van der Waals surface area contributed by atoms with Crippen molar-refractivity contribution < 1.29 is 0 Å². The van der Waals surface area contributed by atoms with Gasteiger partial charge in [0.2, 0.25) is 0 Å². The van der Waals surface area contributed by atoms with Crippen molar-refractivity contribution in [2.45, 2.75) is 19.4 Å². The van der Waals surface area contributed by atoms with E-state index in [1.54, 1.807) is 0 Å². The highest BCUT2D eigenvalue weighted by atomic mass is 35.5. The number of hydrogen-bond acceptors (Lipinski definition) is 2. The van der Waals surface area contributed by atoms with Crippen molar-refractivity contribution in [2.24, 2.45) is 5.10 Å². The smallest absolute Gasteiger partial charge is 0.128 e. The SMILES string of the molecule is CC1CC(Cl)=NN1. The minimum absolute atomic E-state index is 0.437. The van der Waals surface area contributed by atoms with Gasteiger partial charge < -0.3 is 5.43 Å². The van der Waals surface area contributed by atoms with Crippen LogP contribution >= 0.6 is 11.6 Å². The Hall–Kier alpha value is -0.240. The molecule has 0 saturated heterocycles. The van der Waals surface area contributed by atoms with Crippen molar-refractivity contribution in [3.05, 3.63) is 0 Å². The number of halogens is 1. The van der Waals surface area contributed by atoms with Crippen LogP contribution < -0.4 is 5.43 Å². The van der Waals surface area contributed by atoms with E-state index in [-0.39, 0.29) is 0 Å². The van der Waals surface area contributed by atoms with Crippen molar-refractivity contribution in [1.29, 1.82) is 0 Å². The lowest BCUT2D eigenvalue weighted by atomic mass is 10.3. The maximum Gasteiger partial charge on any atom is 0.128 e. The Morgan fingerprint density at radius 1 is 2.00 bits per heavy atom. The molecule has 1 N–H and O–H groups in total. The Morgan fingerprint density at radius 3 is 2.86 bits per heavy atom. The average Bonchev–Trinajstić information content (AvgIpc) is 1.87. The van der Waals surface area contributed by atoms with Gasteiger partial charge >= 0.3 is 0 Å². The van der Waals surface area contributed by atoms with Crippen LogP contribution in [0.2, 0.25) is 0 Å². The first kappa shape index (κ1) is 4.91. The van der Waals surface area contributed by atoms with Gasteiger partial charge in [-0.25, -0.2) is 0 Å². The summed E-state index contributed by atoms with van der Waals surface area (Å²) in [5.41, 5.74) is 2.83. The number of nitrogens with one attached hydrogen (secondary N) is 1. The fourth-order valence-corrected chi connectivity index (χ4v) is 0.804. The summed E-state index contributed by atoms with van der Waals surface area (Å²) in [6.07, 6.45) is 0.877. The Balaban J connectivity index is 2.42. The predicted molar refractivity (Wildman–Crippen MR) is 30.5 cm³/mol. The molecule has 7 heavy (non-hydrogen) atoms. The summed E-state index contributed by atoms with van der Waals surface area (Å²) in [4.78, 5) is 0. The van der Waals surface area contributed by atoms with Crippen molar-refractivity contribution in [1.82, 2.24) is 5.43 Å². The topological polar surface area (TPSA) is 24.4 Å². The molecule has 0 radical (unpaired) electrons. The first-order valence-corrected chi connectivity index (χ1v) is 2.64. The van der Waals surface area contributed by atoms with Gasteiger partial charge in [-0.15, -0.1) is 0 Å². The van der Waals surface area contributed by atoms with Crippen molar-refractivity contribution in [3.8, 4) is 0 Å². The zero-order chi connectivity index (χ0) is 5.28. The quantitative estimate of drug-likeness (QED) is 0.503. The minimum Gasteiger partial charge on any atom is -0.306 e. The van der Waals surface area contributed by atoms with Crippen LogP contribution in [-0.4, -0.2) is 11.2 Å². The second kappa shape index (κ2) is 1.70. The Bertz CT molecular complexity index is 99.9. The van der Waals surface area contributed by atoms with E-state index in [9.17, 15) is 0 Å². The number of nitrogens with zero attached hydrogens (tertiary/aromatic N) is 1. The first-order chi connectivity index (χ1) is 3.29. The van der Waals surface area contributed by atoms with E-state index in [1.807, 2.05) is 6.92 Å². The summed E-state index contributed by atoms with van der Waals surface area (Å²) in [6.45, 7) is 2.04. The molecular formula is C4H7ClN2. The van der Waals surface area contributed by atoms with Gasteiger partial charge in [-0.05, 0) is 6.92 Å². The van der Waals surface area contributed by atoms with Gasteiger partial charge in [0.25, 0.3) is 0 Å². The van der Waals surface area contributed by atoms with Crippen molar-refractivity contribution in [3.63, 3.8) is 0 Å². The fraction of sp³-hybridized carbons (Fsp3) is 0.750. The molecule has 0 aliphatic carbocycles. The van der Waals surface area contributed by atoms with E-state index in [0.29, 0.717) is 11.2 Å². The van der Waals surface area contributed by atoms with Crippen LogP contribution in [0.5, 0.6) is 0 Å². The molecule has 40 valence electrons. The molecular weight excluding hydrogens is 112 g/mol. The molecule has 1 aliphatic rings. The van der Waals surface area contributed by atoms with E-state index in [4.69, 9.17) is 11.6 Å². The van der Waals surface area contributed by atoms with Gasteiger partial charge in [-0.1, -0.05) is 11.6 Å². The lowest BCUT2D eigenvalue weighted by molar-refractivity contribution is 0.636. The average molecular weight is 119 g/mol. The number of hydrazone groups is 1. The molecule has 1 atom stereocenters. The third-order valence-corrected chi connectivity index (χ3v) is 1.12. The van der Waals surface area contributed by atoms with Crippen molar-refractivity contribution in [2.75, 3.05) is 0 Å². The zero-order valence-electron chi connectivity index (χ0n) is 4.11. The Labute approximate surface area is 47.5 Å². The minimum atomic E-state index is 0.437. The molecule has 0 aromatic rings. The van der Waals surface area contributed by atoms with Gasteiger partial charge in [0.05, 0.1) is 0 Å². The van der Waals surface area contributed by atoms with Crippen LogP contribution in [0, 0.1) is 0 Å². The zero-order valence-corrected chi connectivity index (χ0v) is 4.87. The van der Waals surface area contributed by atoms with Gasteiger partial charge in [0.15, 0.2) is 0 Å². The molecule has 0 bridgehead atoms. The number of rotatable bonds is 0. The summed E-state index contributed by atoms with van der Waals surface area (Å²) >= 11 is 5.49. The molecule has 1 aliphatic heterocycles. The maximum atomic E-state index is 5.49. The number of hydrogen-bond donors (Lipinski definition) is 1. The normalized spacial score (nSPS) is 29.4. The molecule has 0 amide bonds. The molecule has 1 unspecified atom stereocenters. The van der Waals surface area contributed by atoms with Crippen LogP contribution in [-0.2, 0) is 0 Å². The van der Waals surface area contributed by atoms with Gasteiger partial charge in [-0.3, -0.25) is 0 Å². The first-order valence-electron chi connectivity index (χ1n) is 2.26. The van der Waals surface area contributed by atoms with E-state index in [0.717, 1.165) is 6.42 Å². The molecule has 1 heterocycles. The summed E-state index contributed by atoms with van der Waals surface area (Å²) in [5, 5.41) is 4.44. The largest absolute Gasteiger partial charge is 0.306 e. The van der Waals surface area contributed by atoms with Gasteiger partial charge in [0.1, 0.15) is 5.17 Å². The summed E-state index contributed by atoms with van der Waals surface area (Å²) in [5.74, 6) is 0. The fourth-order valence-electron chi connectivity index (χ4n) is 0.524. The van der Waals surface area contributed by atoms with E-state index in [1.165, 1.54) is 0 Å². The molecule has 0 saturated carbocycles. The molecule has 3 heteroatoms. The molecule has 1 rings (SSSR count). The van der Waals surface area contributed by atoms with Crippen LogP contribution in [0.3, 0.4) is 0 Å². The van der Waals surface area contributed by atoms with Crippen LogP contribution in [0.15, 0.2) is 5.10 Å². The molecule has 0 aromatic carbocycles. The molecule has 2 nitrogen and oxygen atoms in total. The second-order valence-corrected chi connectivity index (χ2v) is 2.16. The monoisotopic (exact) mass is 118 g/mol. The Kier molecular flexibility index (Phi) is 1.19. The Morgan fingerprint density at radius 2 is 2.71 bits per heavy atom. The lowest BCUT2D eigenvalue weighted by Crippen LogP contribution is -2.12. The summed E-state index contributed by atoms with van der Waals surface area (Å²) < 4.78 is 0.